The third-order valence-corrected chi connectivity index (χ3v) is 6.61. The molecule has 0 atom stereocenters. The second kappa shape index (κ2) is 10.2. The van der Waals surface area contributed by atoms with E-state index in [4.69, 9.17) is 9.47 Å². The van der Waals surface area contributed by atoms with Crippen LogP contribution >= 0.6 is 0 Å². The molecule has 1 aliphatic carbocycles. The highest BCUT2D eigenvalue weighted by Crippen LogP contribution is 2.30. The molecule has 1 aliphatic rings. The van der Waals surface area contributed by atoms with Crippen LogP contribution in [0.15, 0.2) is 60.8 Å². The Morgan fingerprint density at radius 2 is 1.82 bits per heavy atom. The van der Waals surface area contributed by atoms with Gasteiger partial charge in [-0.05, 0) is 67.1 Å². The van der Waals surface area contributed by atoms with Gasteiger partial charge in [0.05, 0.1) is 12.4 Å². The number of ether oxygens (including phenoxy) is 2. The van der Waals surface area contributed by atoms with Crippen molar-refractivity contribution < 1.29 is 27.1 Å². The molecule has 4 rings (SSSR count). The standard InChI is InChI=1S/C25H25FN2O5S/c1-2-34(30,31)28-25(29)19-7-5-18(6-8-19)15-32-23-12-21(11-22(26)13-23)20-9-10-24(27-14-20)33-16-17-3-4-17/h5-14,17H,2-4,15-16H2,1H3,(H,28,29). The number of rotatable bonds is 10. The zero-order valence-electron chi connectivity index (χ0n) is 18.7. The fourth-order valence-corrected chi connectivity index (χ4v) is 3.67. The van der Waals surface area contributed by atoms with Crippen LogP contribution < -0.4 is 14.2 Å². The molecule has 1 N–H and O–H groups in total. The highest BCUT2D eigenvalue weighted by atomic mass is 32.2. The van der Waals surface area contributed by atoms with E-state index in [0.29, 0.717) is 29.7 Å². The van der Waals surface area contributed by atoms with Crippen LogP contribution in [-0.2, 0) is 16.6 Å². The van der Waals surface area contributed by atoms with Gasteiger partial charge < -0.3 is 9.47 Å². The maximum absolute atomic E-state index is 14.2. The Hall–Kier alpha value is -3.46. The Bertz CT molecular complexity index is 1260. The number of benzene rings is 2. The number of amides is 1. The molecule has 7 nitrogen and oxygen atoms in total. The van der Waals surface area contributed by atoms with Crippen molar-refractivity contribution in [3.8, 4) is 22.8 Å². The summed E-state index contributed by atoms with van der Waals surface area (Å²) in [5.74, 6) is 0.213. The summed E-state index contributed by atoms with van der Waals surface area (Å²) in [6.07, 6.45) is 4.04. The van der Waals surface area contributed by atoms with E-state index < -0.39 is 21.7 Å². The Morgan fingerprint density at radius 1 is 1.06 bits per heavy atom. The summed E-state index contributed by atoms with van der Waals surface area (Å²) in [6.45, 7) is 2.27. The molecule has 1 saturated carbocycles. The third kappa shape index (κ3) is 6.54. The van der Waals surface area contributed by atoms with E-state index in [0.717, 1.165) is 11.1 Å². The molecule has 1 heterocycles. The Kier molecular flexibility index (Phi) is 7.12. The molecule has 178 valence electrons. The number of nitrogens with zero attached hydrogens (tertiary/aromatic N) is 1. The van der Waals surface area contributed by atoms with Gasteiger partial charge in [0.15, 0.2) is 0 Å². The summed E-state index contributed by atoms with van der Waals surface area (Å²) in [6, 6.07) is 14.3. The third-order valence-electron chi connectivity index (χ3n) is 5.35. The highest BCUT2D eigenvalue weighted by Gasteiger charge is 2.22. The van der Waals surface area contributed by atoms with E-state index in [9.17, 15) is 17.6 Å². The van der Waals surface area contributed by atoms with Crippen molar-refractivity contribution in [1.29, 1.82) is 0 Å². The smallest absolute Gasteiger partial charge is 0.264 e. The predicted molar refractivity (Wildman–Crippen MR) is 126 cm³/mol. The van der Waals surface area contributed by atoms with Crippen LogP contribution in [0.5, 0.6) is 11.6 Å². The molecule has 34 heavy (non-hydrogen) atoms. The number of sulfonamides is 1. The van der Waals surface area contributed by atoms with Crippen molar-refractivity contribution in [3.05, 3.63) is 77.7 Å². The lowest BCUT2D eigenvalue weighted by Gasteiger charge is -2.10. The lowest BCUT2D eigenvalue weighted by atomic mass is 10.1. The molecular formula is C25H25FN2O5S. The minimum absolute atomic E-state index is 0.143. The predicted octanol–water partition coefficient (Wildman–Crippen LogP) is 4.34. The summed E-state index contributed by atoms with van der Waals surface area (Å²) in [4.78, 5) is 16.3. The van der Waals surface area contributed by atoms with Crippen molar-refractivity contribution in [1.82, 2.24) is 9.71 Å². The zero-order chi connectivity index (χ0) is 24.1. The molecule has 2 aromatic carbocycles. The summed E-state index contributed by atoms with van der Waals surface area (Å²) < 4.78 is 50.7. The van der Waals surface area contributed by atoms with E-state index in [1.54, 1.807) is 30.5 Å². The normalized spacial score (nSPS) is 13.4. The van der Waals surface area contributed by atoms with Crippen LogP contribution in [0, 0.1) is 11.7 Å². The van der Waals surface area contributed by atoms with Gasteiger partial charge in [-0.25, -0.2) is 22.5 Å². The van der Waals surface area contributed by atoms with Crippen molar-refractivity contribution in [2.45, 2.75) is 26.4 Å². The van der Waals surface area contributed by atoms with E-state index in [-0.39, 0.29) is 17.9 Å². The van der Waals surface area contributed by atoms with E-state index in [2.05, 4.69) is 4.98 Å². The number of carbonyl (C=O) groups is 1. The van der Waals surface area contributed by atoms with E-state index in [1.165, 1.54) is 44.0 Å². The first-order valence-corrected chi connectivity index (χ1v) is 12.6. The maximum atomic E-state index is 14.2. The average Bonchev–Trinajstić information content (AvgIpc) is 3.66. The quantitative estimate of drug-likeness (QED) is 0.460. The van der Waals surface area contributed by atoms with Gasteiger partial charge >= 0.3 is 0 Å². The molecular weight excluding hydrogens is 459 g/mol. The highest BCUT2D eigenvalue weighted by molar-refractivity contribution is 7.90. The molecule has 0 unspecified atom stereocenters. The number of hydrogen-bond donors (Lipinski definition) is 1. The number of aromatic nitrogens is 1. The van der Waals surface area contributed by atoms with Gasteiger partial charge in [0.1, 0.15) is 18.2 Å². The van der Waals surface area contributed by atoms with Crippen LogP contribution in [0.3, 0.4) is 0 Å². The fraction of sp³-hybridized carbons (Fsp3) is 0.280. The van der Waals surface area contributed by atoms with Gasteiger partial charge in [0.25, 0.3) is 5.91 Å². The molecule has 9 heteroatoms. The van der Waals surface area contributed by atoms with Gasteiger partial charge in [-0.15, -0.1) is 0 Å². The lowest BCUT2D eigenvalue weighted by Crippen LogP contribution is -2.31. The number of halogens is 1. The molecule has 0 radical (unpaired) electrons. The molecule has 0 bridgehead atoms. The average molecular weight is 485 g/mol. The van der Waals surface area contributed by atoms with Gasteiger partial charge in [-0.2, -0.15) is 0 Å². The monoisotopic (exact) mass is 484 g/mol. The minimum atomic E-state index is -3.63. The lowest BCUT2D eigenvalue weighted by molar-refractivity contribution is 0.0981. The van der Waals surface area contributed by atoms with Crippen molar-refractivity contribution >= 4 is 15.9 Å². The molecule has 1 amide bonds. The topological polar surface area (TPSA) is 94.6 Å². The first-order chi connectivity index (χ1) is 16.3. The number of carbonyl (C=O) groups excluding carboxylic acids is 1. The first-order valence-electron chi connectivity index (χ1n) is 11.0. The van der Waals surface area contributed by atoms with Crippen LogP contribution in [0.1, 0.15) is 35.7 Å². The van der Waals surface area contributed by atoms with E-state index in [1.807, 2.05) is 10.8 Å². The zero-order valence-corrected chi connectivity index (χ0v) is 19.5. The van der Waals surface area contributed by atoms with Gasteiger partial charge in [-0.3, -0.25) is 4.79 Å². The summed E-state index contributed by atoms with van der Waals surface area (Å²) >= 11 is 0. The van der Waals surface area contributed by atoms with Crippen LogP contribution in [0.2, 0.25) is 0 Å². The Morgan fingerprint density at radius 3 is 2.47 bits per heavy atom. The first kappa shape index (κ1) is 23.7. The molecule has 1 fully saturated rings. The SMILES string of the molecule is CCS(=O)(=O)NC(=O)c1ccc(COc2cc(F)cc(-c3ccc(OCC4CC4)nc3)c2)cc1. The van der Waals surface area contributed by atoms with Crippen molar-refractivity contribution in [2.24, 2.45) is 5.92 Å². The minimum Gasteiger partial charge on any atom is -0.489 e. The van der Waals surface area contributed by atoms with Gasteiger partial charge in [0.2, 0.25) is 15.9 Å². The van der Waals surface area contributed by atoms with Crippen LogP contribution in [0.25, 0.3) is 11.1 Å². The summed E-state index contributed by atoms with van der Waals surface area (Å²) in [5, 5.41) is 0. The van der Waals surface area contributed by atoms with Crippen LogP contribution in [0.4, 0.5) is 4.39 Å². The number of nitrogens with one attached hydrogen (secondary N) is 1. The number of hydrogen-bond acceptors (Lipinski definition) is 6. The Balaban J connectivity index is 1.38. The van der Waals surface area contributed by atoms with Gasteiger partial charge in [-0.1, -0.05) is 12.1 Å². The maximum Gasteiger partial charge on any atom is 0.264 e. The molecule has 1 aromatic heterocycles. The molecule has 0 aliphatic heterocycles. The largest absolute Gasteiger partial charge is 0.489 e. The van der Waals surface area contributed by atoms with Crippen molar-refractivity contribution in [3.63, 3.8) is 0 Å². The fourth-order valence-electron chi connectivity index (χ4n) is 3.13. The molecule has 0 spiro atoms. The molecule has 0 saturated heterocycles. The second-order valence-electron chi connectivity index (χ2n) is 8.14. The summed E-state index contributed by atoms with van der Waals surface area (Å²) in [7, 11) is -3.63. The van der Waals surface area contributed by atoms with Gasteiger partial charge in [0, 0.05) is 29.5 Å². The van der Waals surface area contributed by atoms with Crippen molar-refractivity contribution in [2.75, 3.05) is 12.4 Å². The Labute approximate surface area is 198 Å². The van der Waals surface area contributed by atoms with E-state index >= 15 is 0 Å². The number of pyridine rings is 1. The molecule has 3 aromatic rings. The second-order valence-corrected chi connectivity index (χ2v) is 10.1. The van der Waals surface area contributed by atoms with Crippen LogP contribution in [-0.4, -0.2) is 31.7 Å². The summed E-state index contributed by atoms with van der Waals surface area (Å²) in [5.41, 5.74) is 2.31.